The molecule has 0 spiro atoms. The van der Waals surface area contributed by atoms with Gasteiger partial charge in [-0.25, -0.2) is 0 Å². The zero-order chi connectivity index (χ0) is 19.4. The third-order valence-electron chi connectivity index (χ3n) is 4.83. The molecule has 5 nitrogen and oxygen atoms in total. The van der Waals surface area contributed by atoms with Gasteiger partial charge in [0.15, 0.2) is 0 Å². The molecule has 0 bridgehead atoms. The summed E-state index contributed by atoms with van der Waals surface area (Å²) in [6.45, 7) is 4.04. The number of aromatic nitrogens is 1. The number of nitrogens with one attached hydrogen (secondary N) is 2. The third kappa shape index (κ3) is 4.19. The van der Waals surface area contributed by atoms with Gasteiger partial charge in [-0.15, -0.1) is 0 Å². The number of amides is 2. The molecule has 2 aromatic carbocycles. The summed E-state index contributed by atoms with van der Waals surface area (Å²) in [4.78, 5) is 29.8. The Morgan fingerprint density at radius 2 is 1.78 bits per heavy atom. The predicted octanol–water partition coefficient (Wildman–Crippen LogP) is 3.68. The fourth-order valence-electron chi connectivity index (χ4n) is 3.29. The minimum atomic E-state index is -0.192. The molecule has 0 aliphatic heterocycles. The molecule has 0 radical (unpaired) electrons. The standard InChI is InChI=1S/C22H25N3O2/c1-4-16-9-5-7-11-19(16)24-21(26)14-25(3)22(27)13-18-15(2)23-20-12-8-6-10-17(18)20/h5-12,23H,4,13-14H2,1-3H3,(H,24,26). The first kappa shape index (κ1) is 18.7. The molecule has 0 saturated carbocycles. The fraction of sp³-hybridized carbons (Fsp3) is 0.273. The monoisotopic (exact) mass is 363 g/mol. The van der Waals surface area contributed by atoms with E-state index in [1.807, 2.05) is 62.4 Å². The van der Waals surface area contributed by atoms with Crippen LogP contribution >= 0.6 is 0 Å². The van der Waals surface area contributed by atoms with E-state index in [0.717, 1.165) is 39.8 Å². The maximum atomic E-state index is 12.6. The lowest BCUT2D eigenvalue weighted by atomic mass is 10.1. The van der Waals surface area contributed by atoms with Gasteiger partial charge in [0.1, 0.15) is 0 Å². The number of hydrogen-bond donors (Lipinski definition) is 2. The van der Waals surface area contributed by atoms with E-state index < -0.39 is 0 Å². The van der Waals surface area contributed by atoms with Gasteiger partial charge in [0, 0.05) is 29.3 Å². The number of H-pyrrole nitrogens is 1. The second-order valence-corrected chi connectivity index (χ2v) is 6.76. The van der Waals surface area contributed by atoms with Crippen molar-refractivity contribution in [2.75, 3.05) is 18.9 Å². The van der Waals surface area contributed by atoms with Gasteiger partial charge < -0.3 is 15.2 Å². The molecular formula is C22H25N3O2. The molecule has 140 valence electrons. The van der Waals surface area contributed by atoms with Crippen LogP contribution in [-0.2, 0) is 22.4 Å². The Bertz CT molecular complexity index is 975. The van der Waals surface area contributed by atoms with E-state index in [-0.39, 0.29) is 24.8 Å². The van der Waals surface area contributed by atoms with E-state index in [1.54, 1.807) is 7.05 Å². The number of benzene rings is 2. The van der Waals surface area contributed by atoms with Gasteiger partial charge in [0.2, 0.25) is 11.8 Å². The number of aryl methyl sites for hydroxylation is 2. The van der Waals surface area contributed by atoms with Crippen molar-refractivity contribution in [2.24, 2.45) is 0 Å². The molecule has 0 unspecified atom stereocenters. The van der Waals surface area contributed by atoms with Gasteiger partial charge in [0.25, 0.3) is 0 Å². The van der Waals surface area contributed by atoms with Crippen LogP contribution < -0.4 is 5.32 Å². The molecule has 1 aromatic heterocycles. The Hall–Kier alpha value is -3.08. The van der Waals surface area contributed by atoms with Gasteiger partial charge in [-0.05, 0) is 36.6 Å². The molecule has 1 heterocycles. The van der Waals surface area contributed by atoms with Crippen LogP contribution in [0.15, 0.2) is 48.5 Å². The van der Waals surface area contributed by atoms with Crippen molar-refractivity contribution in [3.63, 3.8) is 0 Å². The molecule has 5 heteroatoms. The minimum Gasteiger partial charge on any atom is -0.358 e. The number of rotatable bonds is 6. The maximum Gasteiger partial charge on any atom is 0.243 e. The van der Waals surface area contributed by atoms with Gasteiger partial charge >= 0.3 is 0 Å². The van der Waals surface area contributed by atoms with Crippen LogP contribution in [0.4, 0.5) is 5.69 Å². The van der Waals surface area contributed by atoms with E-state index in [9.17, 15) is 9.59 Å². The summed E-state index contributed by atoms with van der Waals surface area (Å²) < 4.78 is 0. The highest BCUT2D eigenvalue weighted by atomic mass is 16.2. The average Bonchev–Trinajstić information content (AvgIpc) is 2.97. The van der Waals surface area contributed by atoms with Crippen molar-refractivity contribution in [1.29, 1.82) is 0 Å². The minimum absolute atomic E-state index is 0.0261. The maximum absolute atomic E-state index is 12.6. The Kier molecular flexibility index (Phi) is 5.60. The molecule has 0 saturated heterocycles. The molecule has 27 heavy (non-hydrogen) atoms. The number of para-hydroxylation sites is 2. The molecule has 3 rings (SSSR count). The molecular weight excluding hydrogens is 338 g/mol. The number of hydrogen-bond acceptors (Lipinski definition) is 2. The molecule has 2 N–H and O–H groups in total. The van der Waals surface area contributed by atoms with E-state index in [2.05, 4.69) is 10.3 Å². The lowest BCUT2D eigenvalue weighted by molar-refractivity contribution is -0.132. The molecule has 0 atom stereocenters. The molecule has 0 fully saturated rings. The Morgan fingerprint density at radius 1 is 1.07 bits per heavy atom. The Labute approximate surface area is 159 Å². The summed E-state index contributed by atoms with van der Waals surface area (Å²) in [5, 5.41) is 3.96. The van der Waals surface area contributed by atoms with Gasteiger partial charge in [-0.2, -0.15) is 0 Å². The van der Waals surface area contributed by atoms with E-state index in [0.29, 0.717) is 0 Å². The topological polar surface area (TPSA) is 65.2 Å². The number of carbonyl (C=O) groups excluding carboxylic acids is 2. The average molecular weight is 363 g/mol. The molecule has 0 aliphatic carbocycles. The van der Waals surface area contributed by atoms with Crippen LogP contribution in [0.2, 0.25) is 0 Å². The van der Waals surface area contributed by atoms with Crippen LogP contribution in [0.25, 0.3) is 10.9 Å². The van der Waals surface area contributed by atoms with Crippen molar-refractivity contribution >= 4 is 28.4 Å². The summed E-state index contributed by atoms with van der Waals surface area (Å²) in [6.07, 6.45) is 1.11. The van der Waals surface area contributed by atoms with Crippen LogP contribution in [0, 0.1) is 6.92 Å². The first-order chi connectivity index (χ1) is 13.0. The lowest BCUT2D eigenvalue weighted by Gasteiger charge is -2.18. The lowest BCUT2D eigenvalue weighted by Crippen LogP contribution is -2.36. The van der Waals surface area contributed by atoms with Crippen molar-refractivity contribution < 1.29 is 9.59 Å². The summed E-state index contributed by atoms with van der Waals surface area (Å²) >= 11 is 0. The molecule has 3 aromatic rings. The number of anilines is 1. The van der Waals surface area contributed by atoms with Crippen LogP contribution in [0.5, 0.6) is 0 Å². The van der Waals surface area contributed by atoms with E-state index in [1.165, 1.54) is 4.90 Å². The van der Waals surface area contributed by atoms with Crippen molar-refractivity contribution in [1.82, 2.24) is 9.88 Å². The largest absolute Gasteiger partial charge is 0.358 e. The van der Waals surface area contributed by atoms with Crippen molar-refractivity contribution in [3.8, 4) is 0 Å². The fourth-order valence-corrected chi connectivity index (χ4v) is 3.29. The number of aromatic amines is 1. The van der Waals surface area contributed by atoms with E-state index >= 15 is 0 Å². The molecule has 0 aliphatic rings. The Balaban J connectivity index is 1.65. The quantitative estimate of drug-likeness (QED) is 0.702. The van der Waals surface area contributed by atoms with Crippen molar-refractivity contribution in [2.45, 2.75) is 26.7 Å². The van der Waals surface area contributed by atoms with Gasteiger partial charge in [-0.1, -0.05) is 43.3 Å². The zero-order valence-electron chi connectivity index (χ0n) is 16.0. The van der Waals surface area contributed by atoms with Crippen molar-refractivity contribution in [3.05, 3.63) is 65.4 Å². The number of carbonyl (C=O) groups is 2. The second-order valence-electron chi connectivity index (χ2n) is 6.76. The smallest absolute Gasteiger partial charge is 0.243 e. The highest BCUT2D eigenvalue weighted by Crippen LogP contribution is 2.22. The predicted molar refractivity (Wildman–Crippen MR) is 109 cm³/mol. The number of fused-ring (bicyclic) bond motifs is 1. The first-order valence-electron chi connectivity index (χ1n) is 9.17. The third-order valence-corrected chi connectivity index (χ3v) is 4.83. The molecule has 2 amide bonds. The Morgan fingerprint density at radius 3 is 2.56 bits per heavy atom. The SMILES string of the molecule is CCc1ccccc1NC(=O)CN(C)C(=O)Cc1c(C)[nH]c2ccccc12. The second kappa shape index (κ2) is 8.08. The number of nitrogens with zero attached hydrogens (tertiary/aromatic N) is 1. The van der Waals surface area contributed by atoms with Crippen LogP contribution in [-0.4, -0.2) is 35.3 Å². The zero-order valence-corrected chi connectivity index (χ0v) is 16.0. The van der Waals surface area contributed by atoms with Crippen LogP contribution in [0.3, 0.4) is 0 Å². The number of likely N-dealkylation sites (N-methyl/N-ethyl adjacent to an activating group) is 1. The summed E-state index contributed by atoms with van der Waals surface area (Å²) in [5.74, 6) is -0.274. The van der Waals surface area contributed by atoms with Gasteiger partial charge in [0.05, 0.1) is 13.0 Å². The highest BCUT2D eigenvalue weighted by Gasteiger charge is 2.17. The summed E-state index contributed by atoms with van der Waals surface area (Å²) in [5.41, 5.74) is 4.88. The van der Waals surface area contributed by atoms with Crippen LogP contribution in [0.1, 0.15) is 23.7 Å². The highest BCUT2D eigenvalue weighted by molar-refractivity contribution is 5.96. The first-order valence-corrected chi connectivity index (χ1v) is 9.17. The summed E-state index contributed by atoms with van der Waals surface area (Å²) in [7, 11) is 1.66. The normalized spacial score (nSPS) is 10.8. The van der Waals surface area contributed by atoms with Gasteiger partial charge in [-0.3, -0.25) is 9.59 Å². The summed E-state index contributed by atoms with van der Waals surface area (Å²) in [6, 6.07) is 15.7. The van der Waals surface area contributed by atoms with E-state index in [4.69, 9.17) is 0 Å².